The van der Waals surface area contributed by atoms with Crippen molar-refractivity contribution in [3.8, 4) is 6.07 Å². The first kappa shape index (κ1) is 13.2. The Hall–Kier alpha value is -1.90. The molecule has 1 N–H and O–H groups in total. The molecule has 0 aliphatic rings. The van der Waals surface area contributed by atoms with Gasteiger partial charge in [-0.05, 0) is 6.42 Å². The molecule has 6 heteroatoms. The third kappa shape index (κ3) is 5.11. The van der Waals surface area contributed by atoms with Gasteiger partial charge in [-0.2, -0.15) is 5.26 Å². The molecule has 92 valence electrons. The van der Waals surface area contributed by atoms with Gasteiger partial charge >= 0.3 is 0 Å². The van der Waals surface area contributed by atoms with Gasteiger partial charge in [0.05, 0.1) is 0 Å². The van der Waals surface area contributed by atoms with Gasteiger partial charge in [-0.25, -0.2) is 9.67 Å². The highest BCUT2D eigenvalue weighted by atomic mass is 16.2. The monoisotopic (exact) mass is 235 g/mol. The number of nitrogens with zero attached hydrogens (tertiary/aromatic N) is 4. The van der Waals surface area contributed by atoms with E-state index in [-0.39, 0.29) is 18.3 Å². The Bertz CT molecular complexity index is 393. The summed E-state index contributed by atoms with van der Waals surface area (Å²) in [5.74, 6) is -0.0170. The van der Waals surface area contributed by atoms with Gasteiger partial charge in [0.2, 0.25) is 5.91 Å². The van der Waals surface area contributed by atoms with Crippen molar-refractivity contribution in [1.82, 2.24) is 20.1 Å². The van der Waals surface area contributed by atoms with E-state index in [1.54, 1.807) is 0 Å². The van der Waals surface area contributed by atoms with Crippen LogP contribution in [-0.4, -0.2) is 27.2 Å². The molecular formula is C11H17N5O. The van der Waals surface area contributed by atoms with Crippen molar-refractivity contribution in [2.24, 2.45) is 0 Å². The predicted molar refractivity (Wildman–Crippen MR) is 61.9 cm³/mol. The van der Waals surface area contributed by atoms with E-state index in [0.717, 1.165) is 12.8 Å². The van der Waals surface area contributed by atoms with Crippen LogP contribution >= 0.6 is 0 Å². The molecule has 0 fully saturated rings. The lowest BCUT2D eigenvalue weighted by atomic mass is 10.2. The van der Waals surface area contributed by atoms with Crippen LogP contribution in [0.3, 0.4) is 0 Å². The molecule has 17 heavy (non-hydrogen) atoms. The first-order valence-electron chi connectivity index (χ1n) is 5.82. The molecule has 0 radical (unpaired) electrons. The normalized spacial score (nSPS) is 9.88. The fourth-order valence-corrected chi connectivity index (χ4v) is 1.40. The Kier molecular flexibility index (Phi) is 5.72. The zero-order valence-electron chi connectivity index (χ0n) is 10.0. The number of nitriles is 1. The number of hydrogen-bond acceptors (Lipinski definition) is 4. The summed E-state index contributed by atoms with van der Waals surface area (Å²) in [4.78, 5) is 15.2. The summed E-state index contributed by atoms with van der Waals surface area (Å²) in [6, 6.07) is 1.81. The molecule has 1 aromatic heterocycles. The maximum atomic E-state index is 11.5. The summed E-state index contributed by atoms with van der Waals surface area (Å²) in [6.45, 7) is 2.96. The third-order valence-corrected chi connectivity index (χ3v) is 2.29. The van der Waals surface area contributed by atoms with Gasteiger partial charge in [0, 0.05) is 6.54 Å². The van der Waals surface area contributed by atoms with Crippen LogP contribution in [0.5, 0.6) is 0 Å². The van der Waals surface area contributed by atoms with Crippen LogP contribution in [0.4, 0.5) is 0 Å². The van der Waals surface area contributed by atoms with Gasteiger partial charge in [0.25, 0.3) is 5.82 Å². The Morgan fingerprint density at radius 1 is 1.53 bits per heavy atom. The summed E-state index contributed by atoms with van der Waals surface area (Å²) in [6.07, 6.45) is 5.91. The van der Waals surface area contributed by atoms with Crippen molar-refractivity contribution in [3.63, 3.8) is 0 Å². The minimum absolute atomic E-state index is 0.0840. The molecule has 1 aromatic rings. The maximum Gasteiger partial charge on any atom is 0.252 e. The van der Waals surface area contributed by atoms with Crippen LogP contribution < -0.4 is 5.32 Å². The van der Waals surface area contributed by atoms with Crippen molar-refractivity contribution in [3.05, 3.63) is 12.2 Å². The molecule has 1 rings (SSSR count). The highest BCUT2D eigenvalue weighted by Crippen LogP contribution is 1.97. The molecule has 0 saturated heterocycles. The number of aromatic nitrogens is 3. The number of rotatable bonds is 7. The third-order valence-electron chi connectivity index (χ3n) is 2.29. The number of nitrogens with one attached hydrogen (secondary N) is 1. The van der Waals surface area contributed by atoms with E-state index in [0.29, 0.717) is 6.54 Å². The molecule has 0 aromatic carbocycles. The number of unbranched alkanes of at least 4 members (excludes halogenated alkanes) is 3. The molecule has 0 aliphatic heterocycles. The lowest BCUT2D eigenvalue weighted by Crippen LogP contribution is -2.28. The number of amides is 1. The number of hydrogen-bond donors (Lipinski definition) is 1. The summed E-state index contributed by atoms with van der Waals surface area (Å²) in [5.41, 5.74) is 0. The van der Waals surface area contributed by atoms with Crippen LogP contribution in [0.2, 0.25) is 0 Å². The number of carbonyl (C=O) groups excluding carboxylic acids is 1. The minimum atomic E-state index is -0.101. The van der Waals surface area contributed by atoms with Crippen molar-refractivity contribution in [1.29, 1.82) is 5.26 Å². The van der Waals surface area contributed by atoms with Crippen molar-refractivity contribution in [2.45, 2.75) is 39.2 Å². The van der Waals surface area contributed by atoms with Crippen LogP contribution in [0.1, 0.15) is 38.4 Å². The fourth-order valence-electron chi connectivity index (χ4n) is 1.40. The maximum absolute atomic E-state index is 11.5. The van der Waals surface area contributed by atoms with Gasteiger partial charge in [-0.15, -0.1) is 5.10 Å². The highest BCUT2D eigenvalue weighted by molar-refractivity contribution is 5.75. The van der Waals surface area contributed by atoms with Crippen LogP contribution in [0.25, 0.3) is 0 Å². The lowest BCUT2D eigenvalue weighted by molar-refractivity contribution is -0.121. The largest absolute Gasteiger partial charge is 0.354 e. The smallest absolute Gasteiger partial charge is 0.252 e. The molecule has 6 nitrogen and oxygen atoms in total. The van der Waals surface area contributed by atoms with Crippen LogP contribution in [0.15, 0.2) is 6.33 Å². The highest BCUT2D eigenvalue weighted by Gasteiger charge is 2.04. The van der Waals surface area contributed by atoms with Crippen molar-refractivity contribution >= 4 is 5.91 Å². The topological polar surface area (TPSA) is 83.6 Å². The van der Waals surface area contributed by atoms with Gasteiger partial charge in [-0.1, -0.05) is 26.2 Å². The van der Waals surface area contributed by atoms with Gasteiger partial charge < -0.3 is 5.32 Å². The second kappa shape index (κ2) is 7.39. The Morgan fingerprint density at radius 3 is 3.00 bits per heavy atom. The Labute approximate surface area is 101 Å². The van der Waals surface area contributed by atoms with Crippen LogP contribution in [-0.2, 0) is 11.3 Å². The second-order valence-corrected chi connectivity index (χ2v) is 3.79. The summed E-state index contributed by atoms with van der Waals surface area (Å²) in [7, 11) is 0. The van der Waals surface area contributed by atoms with E-state index in [9.17, 15) is 4.79 Å². The standard InChI is InChI=1S/C11H17N5O/c1-2-3-4-5-6-13-11(17)8-16-9-14-10(7-12)15-16/h9H,2-6,8H2,1H3,(H,13,17). The van der Waals surface area contributed by atoms with E-state index in [2.05, 4.69) is 22.3 Å². The zero-order chi connectivity index (χ0) is 12.5. The van der Waals surface area contributed by atoms with Gasteiger partial charge in [0.1, 0.15) is 18.9 Å². The van der Waals surface area contributed by atoms with E-state index >= 15 is 0 Å². The molecule has 0 saturated carbocycles. The van der Waals surface area contributed by atoms with Crippen LogP contribution in [0, 0.1) is 11.3 Å². The minimum Gasteiger partial charge on any atom is -0.354 e. The Morgan fingerprint density at radius 2 is 2.35 bits per heavy atom. The summed E-state index contributed by atoms with van der Waals surface area (Å²) >= 11 is 0. The molecule has 0 aliphatic carbocycles. The number of carbonyl (C=O) groups is 1. The van der Waals surface area contributed by atoms with E-state index in [1.807, 2.05) is 6.07 Å². The molecule has 0 atom stereocenters. The first-order chi connectivity index (χ1) is 8.26. The molecule has 0 spiro atoms. The predicted octanol–water partition coefficient (Wildman–Crippen LogP) is 0.846. The summed E-state index contributed by atoms with van der Waals surface area (Å²) < 4.78 is 1.36. The van der Waals surface area contributed by atoms with E-state index in [1.165, 1.54) is 23.9 Å². The van der Waals surface area contributed by atoms with Crippen molar-refractivity contribution < 1.29 is 4.79 Å². The molecule has 1 heterocycles. The Balaban J connectivity index is 2.19. The quantitative estimate of drug-likeness (QED) is 0.710. The average Bonchev–Trinajstić information content (AvgIpc) is 2.76. The molecule has 0 bridgehead atoms. The first-order valence-corrected chi connectivity index (χ1v) is 5.82. The van der Waals surface area contributed by atoms with Gasteiger partial charge in [0.15, 0.2) is 0 Å². The van der Waals surface area contributed by atoms with E-state index < -0.39 is 0 Å². The fraction of sp³-hybridized carbons (Fsp3) is 0.636. The molecule has 0 unspecified atom stereocenters. The molecular weight excluding hydrogens is 218 g/mol. The van der Waals surface area contributed by atoms with Gasteiger partial charge in [-0.3, -0.25) is 4.79 Å². The lowest BCUT2D eigenvalue weighted by Gasteiger charge is -2.04. The van der Waals surface area contributed by atoms with E-state index in [4.69, 9.17) is 5.26 Å². The zero-order valence-corrected chi connectivity index (χ0v) is 10.0. The second-order valence-electron chi connectivity index (χ2n) is 3.79. The summed E-state index contributed by atoms with van der Waals surface area (Å²) in [5, 5.41) is 15.1. The van der Waals surface area contributed by atoms with Crippen molar-refractivity contribution in [2.75, 3.05) is 6.54 Å². The molecule has 1 amide bonds. The average molecular weight is 235 g/mol. The SMILES string of the molecule is CCCCCCNC(=O)Cn1cnc(C#N)n1.